The molecule has 0 N–H and O–H groups in total. The molecule has 0 atom stereocenters. The Bertz CT molecular complexity index is 681. The smallest absolute Gasteiger partial charge is 0.410 e. The van der Waals surface area contributed by atoms with E-state index >= 15 is 0 Å². The van der Waals surface area contributed by atoms with Crippen LogP contribution < -0.4 is 4.74 Å². The van der Waals surface area contributed by atoms with Gasteiger partial charge in [-0.15, -0.1) is 0 Å². The Morgan fingerprint density at radius 1 is 1.11 bits per heavy atom. The summed E-state index contributed by atoms with van der Waals surface area (Å²) in [5, 5.41) is 0. The molecule has 1 heterocycles. The van der Waals surface area contributed by atoms with E-state index < -0.39 is 5.60 Å². The molecule has 27 heavy (non-hydrogen) atoms. The highest BCUT2D eigenvalue weighted by Gasteiger charge is 2.22. The van der Waals surface area contributed by atoms with Gasteiger partial charge in [0, 0.05) is 12.7 Å². The first-order valence-corrected chi connectivity index (χ1v) is 9.40. The SMILES string of the molecule is CC.Cc1cncc(OCCN(Cc2ccccc2)C(=O)OC(C)(C)C)c1. The third-order valence-corrected chi connectivity index (χ3v) is 3.35. The Kier molecular flexibility index (Phi) is 9.34. The van der Waals surface area contributed by atoms with Crippen LogP contribution in [0.2, 0.25) is 0 Å². The average Bonchev–Trinajstić information content (AvgIpc) is 2.62. The molecule has 2 rings (SSSR count). The van der Waals surface area contributed by atoms with Crippen molar-refractivity contribution in [2.75, 3.05) is 13.2 Å². The third-order valence-electron chi connectivity index (χ3n) is 3.35. The maximum Gasteiger partial charge on any atom is 0.410 e. The Morgan fingerprint density at radius 2 is 1.78 bits per heavy atom. The molecule has 0 unspecified atom stereocenters. The largest absolute Gasteiger partial charge is 0.490 e. The van der Waals surface area contributed by atoms with Crippen molar-refractivity contribution >= 4 is 6.09 Å². The van der Waals surface area contributed by atoms with Crippen LogP contribution in [0.3, 0.4) is 0 Å². The maximum absolute atomic E-state index is 12.5. The van der Waals surface area contributed by atoms with Crippen molar-refractivity contribution in [3.8, 4) is 5.75 Å². The second kappa shape index (κ2) is 11.2. The minimum atomic E-state index is -0.534. The number of nitrogens with zero attached hydrogens (tertiary/aromatic N) is 2. The number of hydrogen-bond acceptors (Lipinski definition) is 4. The van der Waals surface area contributed by atoms with E-state index in [2.05, 4.69) is 4.98 Å². The number of benzene rings is 1. The summed E-state index contributed by atoms with van der Waals surface area (Å²) in [6.07, 6.45) is 3.10. The van der Waals surface area contributed by atoms with Gasteiger partial charge in [-0.2, -0.15) is 0 Å². The lowest BCUT2D eigenvalue weighted by molar-refractivity contribution is 0.0209. The fourth-order valence-electron chi connectivity index (χ4n) is 2.25. The Hall–Kier alpha value is -2.56. The number of rotatable bonds is 6. The molecule has 0 aliphatic carbocycles. The van der Waals surface area contributed by atoms with Crippen LogP contribution in [-0.4, -0.2) is 34.7 Å². The van der Waals surface area contributed by atoms with E-state index in [0.717, 1.165) is 11.1 Å². The average molecular weight is 373 g/mol. The number of ether oxygens (including phenoxy) is 2. The molecule has 0 aliphatic rings. The van der Waals surface area contributed by atoms with Crippen molar-refractivity contribution in [1.29, 1.82) is 0 Å². The van der Waals surface area contributed by atoms with E-state index in [9.17, 15) is 4.79 Å². The lowest BCUT2D eigenvalue weighted by Crippen LogP contribution is -2.38. The van der Waals surface area contributed by atoms with Gasteiger partial charge in [-0.1, -0.05) is 44.2 Å². The minimum absolute atomic E-state index is 0.345. The number of aromatic nitrogens is 1. The maximum atomic E-state index is 12.5. The fraction of sp³-hybridized carbons (Fsp3) is 0.455. The number of amides is 1. The van der Waals surface area contributed by atoms with Crippen LogP contribution in [0.5, 0.6) is 5.75 Å². The predicted molar refractivity (Wildman–Crippen MR) is 109 cm³/mol. The van der Waals surface area contributed by atoms with Gasteiger partial charge < -0.3 is 14.4 Å². The predicted octanol–water partition coefficient (Wildman–Crippen LogP) is 5.23. The summed E-state index contributed by atoms with van der Waals surface area (Å²) in [6.45, 7) is 12.8. The molecule has 0 radical (unpaired) electrons. The molecule has 148 valence electrons. The van der Waals surface area contributed by atoms with Crippen LogP contribution in [0, 0.1) is 6.92 Å². The first-order chi connectivity index (χ1) is 12.8. The zero-order valence-electron chi connectivity index (χ0n) is 17.4. The first-order valence-electron chi connectivity index (χ1n) is 9.40. The topological polar surface area (TPSA) is 51.7 Å². The van der Waals surface area contributed by atoms with Gasteiger partial charge >= 0.3 is 6.09 Å². The van der Waals surface area contributed by atoms with Crippen LogP contribution in [0.1, 0.15) is 45.7 Å². The van der Waals surface area contributed by atoms with E-state index in [-0.39, 0.29) is 6.09 Å². The van der Waals surface area contributed by atoms with E-state index in [1.54, 1.807) is 17.3 Å². The summed E-state index contributed by atoms with van der Waals surface area (Å²) in [7, 11) is 0. The van der Waals surface area contributed by atoms with Crippen molar-refractivity contribution in [3.05, 3.63) is 59.9 Å². The third kappa shape index (κ3) is 9.08. The molecule has 0 aliphatic heterocycles. The molecular weight excluding hydrogens is 340 g/mol. The summed E-state index contributed by atoms with van der Waals surface area (Å²) < 4.78 is 11.2. The molecule has 0 saturated heterocycles. The molecule has 0 spiro atoms. The number of hydrogen-bond donors (Lipinski definition) is 0. The van der Waals surface area contributed by atoms with Crippen LogP contribution in [0.25, 0.3) is 0 Å². The monoisotopic (exact) mass is 372 g/mol. The summed E-state index contributed by atoms with van der Waals surface area (Å²) in [5.41, 5.74) is 1.55. The first kappa shape index (κ1) is 22.5. The minimum Gasteiger partial charge on any atom is -0.490 e. The Balaban J connectivity index is 0.00000176. The van der Waals surface area contributed by atoms with Gasteiger partial charge in [-0.05, 0) is 44.9 Å². The van der Waals surface area contributed by atoms with Crippen molar-refractivity contribution in [2.45, 2.75) is 53.7 Å². The lowest BCUT2D eigenvalue weighted by atomic mass is 10.2. The fourth-order valence-corrected chi connectivity index (χ4v) is 2.25. The molecule has 0 saturated carbocycles. The van der Waals surface area contributed by atoms with E-state index in [0.29, 0.717) is 25.4 Å². The van der Waals surface area contributed by atoms with E-state index in [4.69, 9.17) is 9.47 Å². The molecule has 0 bridgehead atoms. The highest BCUT2D eigenvalue weighted by atomic mass is 16.6. The lowest BCUT2D eigenvalue weighted by Gasteiger charge is -2.27. The van der Waals surface area contributed by atoms with Gasteiger partial charge in [-0.25, -0.2) is 4.79 Å². The van der Waals surface area contributed by atoms with Crippen molar-refractivity contribution in [1.82, 2.24) is 9.88 Å². The van der Waals surface area contributed by atoms with E-state index in [1.165, 1.54) is 0 Å². The zero-order chi connectivity index (χ0) is 20.3. The second-order valence-corrected chi connectivity index (χ2v) is 6.93. The van der Waals surface area contributed by atoms with Gasteiger partial charge in [0.1, 0.15) is 18.0 Å². The van der Waals surface area contributed by atoms with Gasteiger partial charge in [0.15, 0.2) is 0 Å². The molecule has 1 aromatic heterocycles. The number of carbonyl (C=O) groups excluding carboxylic acids is 1. The molecule has 5 heteroatoms. The van der Waals surface area contributed by atoms with Crippen LogP contribution in [-0.2, 0) is 11.3 Å². The molecular formula is C22H32N2O3. The normalized spacial score (nSPS) is 10.4. The summed E-state index contributed by atoms with van der Waals surface area (Å²) in [5.74, 6) is 0.698. The Morgan fingerprint density at radius 3 is 2.37 bits per heavy atom. The van der Waals surface area contributed by atoms with Crippen LogP contribution >= 0.6 is 0 Å². The molecule has 1 aromatic carbocycles. The van der Waals surface area contributed by atoms with Crippen molar-refractivity contribution in [2.24, 2.45) is 0 Å². The van der Waals surface area contributed by atoms with Crippen molar-refractivity contribution < 1.29 is 14.3 Å². The summed E-state index contributed by atoms with van der Waals surface area (Å²) in [4.78, 5) is 18.3. The van der Waals surface area contributed by atoms with E-state index in [1.807, 2.05) is 77.9 Å². The van der Waals surface area contributed by atoms with Gasteiger partial charge in [0.05, 0.1) is 12.7 Å². The molecule has 5 nitrogen and oxygen atoms in total. The van der Waals surface area contributed by atoms with Gasteiger partial charge in [0.2, 0.25) is 0 Å². The highest BCUT2D eigenvalue weighted by molar-refractivity contribution is 5.68. The van der Waals surface area contributed by atoms with Gasteiger partial charge in [0.25, 0.3) is 0 Å². The molecule has 1 amide bonds. The Labute approximate surface area is 163 Å². The number of carbonyl (C=O) groups is 1. The zero-order valence-corrected chi connectivity index (χ0v) is 17.4. The van der Waals surface area contributed by atoms with Crippen LogP contribution in [0.4, 0.5) is 4.79 Å². The summed E-state index contributed by atoms with van der Waals surface area (Å²) in [6, 6.07) is 11.8. The highest BCUT2D eigenvalue weighted by Crippen LogP contribution is 2.14. The second-order valence-electron chi connectivity index (χ2n) is 6.93. The van der Waals surface area contributed by atoms with Crippen molar-refractivity contribution in [3.63, 3.8) is 0 Å². The number of pyridine rings is 1. The molecule has 2 aromatic rings. The summed E-state index contributed by atoms with van der Waals surface area (Å²) >= 11 is 0. The van der Waals surface area contributed by atoms with Gasteiger partial charge in [-0.3, -0.25) is 4.98 Å². The molecule has 0 fully saturated rings. The quantitative estimate of drug-likeness (QED) is 0.696. The number of aryl methyl sites for hydroxylation is 1. The van der Waals surface area contributed by atoms with Crippen LogP contribution in [0.15, 0.2) is 48.8 Å². The standard InChI is InChI=1S/C20H26N2O3.C2H6/c1-16-12-18(14-21-13-16)24-11-10-22(19(23)25-20(2,3)4)15-17-8-6-5-7-9-17;1-2/h5-9,12-14H,10-11,15H2,1-4H3;1-2H3.